The number of methoxy groups -OCH3 is 1. The number of rotatable bonds is 5. The van der Waals surface area contributed by atoms with Crippen molar-refractivity contribution in [2.24, 2.45) is 0 Å². The van der Waals surface area contributed by atoms with Gasteiger partial charge < -0.3 is 15.8 Å². The average molecular weight is 261 g/mol. The summed E-state index contributed by atoms with van der Waals surface area (Å²) in [5.41, 5.74) is 6.40. The fourth-order valence-corrected chi connectivity index (χ4v) is 1.51. The van der Waals surface area contributed by atoms with Crippen LogP contribution in [0.25, 0.3) is 0 Å². The second kappa shape index (κ2) is 5.96. The summed E-state index contributed by atoms with van der Waals surface area (Å²) in [6.45, 7) is 1.19. The second-order valence-corrected chi connectivity index (χ2v) is 3.89. The van der Waals surface area contributed by atoms with Crippen LogP contribution in [0.5, 0.6) is 0 Å². The number of nitrogens with two attached hydrogens (primary N) is 1. The van der Waals surface area contributed by atoms with E-state index in [1.54, 1.807) is 42.4 Å². The molecule has 3 N–H and O–H groups in total. The molecule has 0 saturated heterocycles. The minimum absolute atomic E-state index is 0.268. The Balaban J connectivity index is 2.00. The number of carbonyl (C=O) groups excluding carboxylic acids is 1. The summed E-state index contributed by atoms with van der Waals surface area (Å²) in [4.78, 5) is 15.8. The minimum atomic E-state index is -0.321. The zero-order valence-electron chi connectivity index (χ0n) is 10.5. The van der Waals surface area contributed by atoms with Gasteiger partial charge in [-0.1, -0.05) is 6.07 Å². The van der Waals surface area contributed by atoms with Crippen molar-refractivity contribution >= 4 is 17.4 Å². The molecule has 7 heteroatoms. The lowest BCUT2D eigenvalue weighted by molar-refractivity contribution is 0.102. The Morgan fingerprint density at radius 3 is 3.11 bits per heavy atom. The van der Waals surface area contributed by atoms with Gasteiger partial charge in [0.25, 0.3) is 5.91 Å². The van der Waals surface area contributed by atoms with Gasteiger partial charge in [0.15, 0.2) is 0 Å². The van der Waals surface area contributed by atoms with Crippen molar-refractivity contribution in [3.05, 3.63) is 36.3 Å². The van der Waals surface area contributed by atoms with Gasteiger partial charge in [-0.3, -0.25) is 9.48 Å². The van der Waals surface area contributed by atoms with Gasteiger partial charge in [0.1, 0.15) is 11.5 Å². The van der Waals surface area contributed by atoms with E-state index in [1.165, 1.54) is 0 Å². The van der Waals surface area contributed by atoms with E-state index >= 15 is 0 Å². The van der Waals surface area contributed by atoms with Gasteiger partial charge in [0.2, 0.25) is 0 Å². The molecule has 0 radical (unpaired) electrons. The molecule has 100 valence electrons. The predicted molar refractivity (Wildman–Crippen MR) is 70.7 cm³/mol. The highest BCUT2D eigenvalue weighted by Gasteiger charge is 2.09. The largest absolute Gasteiger partial charge is 0.384 e. The summed E-state index contributed by atoms with van der Waals surface area (Å²) >= 11 is 0. The molecular weight excluding hydrogens is 246 g/mol. The Morgan fingerprint density at radius 1 is 1.53 bits per heavy atom. The maximum atomic E-state index is 11.9. The van der Waals surface area contributed by atoms with Crippen LogP contribution in [0.1, 0.15) is 10.5 Å². The summed E-state index contributed by atoms with van der Waals surface area (Å²) in [6, 6.07) is 4.90. The fraction of sp³-hybridized carbons (Fsp3) is 0.250. The summed E-state index contributed by atoms with van der Waals surface area (Å²) < 4.78 is 6.63. The van der Waals surface area contributed by atoms with Crippen LogP contribution in [0.2, 0.25) is 0 Å². The van der Waals surface area contributed by atoms with Crippen LogP contribution in [0.3, 0.4) is 0 Å². The van der Waals surface area contributed by atoms with Crippen LogP contribution in [-0.4, -0.2) is 34.4 Å². The second-order valence-electron chi connectivity index (χ2n) is 3.89. The topological polar surface area (TPSA) is 95.1 Å². The highest BCUT2D eigenvalue weighted by molar-refractivity contribution is 6.02. The molecule has 2 rings (SSSR count). The number of amides is 1. The summed E-state index contributed by atoms with van der Waals surface area (Å²) in [5.74, 6) is -0.0120. The minimum Gasteiger partial charge on any atom is -0.384 e. The molecule has 0 spiro atoms. The molecule has 7 nitrogen and oxygen atoms in total. The van der Waals surface area contributed by atoms with Crippen LogP contribution in [0, 0.1) is 0 Å². The van der Waals surface area contributed by atoms with Crippen LogP contribution in [-0.2, 0) is 11.3 Å². The van der Waals surface area contributed by atoms with Crippen LogP contribution in [0.4, 0.5) is 11.5 Å². The first-order chi connectivity index (χ1) is 9.19. The molecule has 0 aliphatic rings. The number of nitrogens with zero attached hydrogens (tertiary/aromatic N) is 3. The number of ether oxygens (including phenoxy) is 1. The van der Waals surface area contributed by atoms with Gasteiger partial charge >= 0.3 is 0 Å². The lowest BCUT2D eigenvalue weighted by atomic mass is 10.3. The fourth-order valence-electron chi connectivity index (χ4n) is 1.51. The van der Waals surface area contributed by atoms with Crippen LogP contribution < -0.4 is 11.1 Å². The first kappa shape index (κ1) is 13.0. The van der Waals surface area contributed by atoms with Gasteiger partial charge in [0.05, 0.1) is 25.0 Å². The van der Waals surface area contributed by atoms with Crippen molar-refractivity contribution in [3.63, 3.8) is 0 Å². The van der Waals surface area contributed by atoms with Crippen LogP contribution in [0.15, 0.2) is 30.6 Å². The standard InChI is InChI=1S/C12H15N5O2/c1-19-6-5-17-8-9(7-14-17)15-12(18)10-3-2-4-11(13)16-10/h2-4,7-8H,5-6H2,1H3,(H2,13,16)(H,15,18). The molecule has 19 heavy (non-hydrogen) atoms. The van der Waals surface area contributed by atoms with E-state index in [-0.39, 0.29) is 11.6 Å². The lowest BCUT2D eigenvalue weighted by Crippen LogP contribution is -2.14. The predicted octanol–water partition coefficient (Wildman–Crippen LogP) is 0.759. The van der Waals surface area contributed by atoms with Gasteiger partial charge in [-0.2, -0.15) is 5.10 Å². The van der Waals surface area contributed by atoms with E-state index in [1.807, 2.05) is 0 Å². The number of anilines is 2. The van der Waals surface area contributed by atoms with Gasteiger partial charge in [-0.25, -0.2) is 4.98 Å². The molecule has 0 aliphatic heterocycles. The molecule has 0 fully saturated rings. The Hall–Kier alpha value is -2.41. The van der Waals surface area contributed by atoms with Crippen molar-refractivity contribution in [3.8, 4) is 0 Å². The Morgan fingerprint density at radius 2 is 2.37 bits per heavy atom. The molecule has 0 unspecified atom stereocenters. The number of pyridine rings is 1. The van der Waals surface area contributed by atoms with Gasteiger partial charge in [-0.15, -0.1) is 0 Å². The van der Waals surface area contributed by atoms with E-state index in [4.69, 9.17) is 10.5 Å². The SMILES string of the molecule is COCCn1cc(NC(=O)c2cccc(N)n2)cn1. The highest BCUT2D eigenvalue weighted by Crippen LogP contribution is 2.08. The number of hydrogen-bond donors (Lipinski definition) is 2. The highest BCUT2D eigenvalue weighted by atomic mass is 16.5. The molecular formula is C12H15N5O2. The van der Waals surface area contributed by atoms with E-state index in [9.17, 15) is 4.79 Å². The van der Waals surface area contributed by atoms with E-state index in [0.29, 0.717) is 24.7 Å². The number of hydrogen-bond acceptors (Lipinski definition) is 5. The van der Waals surface area contributed by atoms with Gasteiger partial charge in [0, 0.05) is 13.3 Å². The van der Waals surface area contributed by atoms with Crippen LogP contribution >= 0.6 is 0 Å². The molecule has 2 aromatic rings. The number of carbonyl (C=O) groups is 1. The number of aromatic nitrogens is 3. The van der Waals surface area contributed by atoms with E-state index in [2.05, 4.69) is 15.4 Å². The molecule has 0 aromatic carbocycles. The summed E-state index contributed by atoms with van der Waals surface area (Å²) in [7, 11) is 1.62. The maximum absolute atomic E-state index is 11.9. The summed E-state index contributed by atoms with van der Waals surface area (Å²) in [5, 5.41) is 6.80. The molecule has 0 bridgehead atoms. The molecule has 0 aliphatic carbocycles. The smallest absolute Gasteiger partial charge is 0.274 e. The van der Waals surface area contributed by atoms with Crippen molar-refractivity contribution in [2.45, 2.75) is 6.54 Å². The molecule has 2 heterocycles. The van der Waals surface area contributed by atoms with Gasteiger partial charge in [-0.05, 0) is 12.1 Å². The Kier molecular flexibility index (Phi) is 4.09. The quantitative estimate of drug-likeness (QED) is 0.828. The molecule has 0 atom stereocenters. The van der Waals surface area contributed by atoms with Crippen molar-refractivity contribution in [1.29, 1.82) is 0 Å². The third-order valence-corrected chi connectivity index (χ3v) is 2.42. The first-order valence-corrected chi connectivity index (χ1v) is 5.74. The first-order valence-electron chi connectivity index (χ1n) is 5.74. The normalized spacial score (nSPS) is 10.4. The zero-order chi connectivity index (χ0) is 13.7. The Labute approximate surface area is 110 Å². The third-order valence-electron chi connectivity index (χ3n) is 2.42. The van der Waals surface area contributed by atoms with Crippen molar-refractivity contribution < 1.29 is 9.53 Å². The third kappa shape index (κ3) is 3.52. The zero-order valence-corrected chi connectivity index (χ0v) is 10.5. The van der Waals surface area contributed by atoms with E-state index in [0.717, 1.165) is 0 Å². The molecule has 1 amide bonds. The average Bonchev–Trinajstić information content (AvgIpc) is 2.84. The number of nitrogens with one attached hydrogen (secondary N) is 1. The maximum Gasteiger partial charge on any atom is 0.274 e. The lowest BCUT2D eigenvalue weighted by Gasteiger charge is -2.02. The van der Waals surface area contributed by atoms with E-state index < -0.39 is 0 Å². The molecule has 2 aromatic heterocycles. The Bertz CT molecular complexity index is 567. The van der Waals surface area contributed by atoms with Crippen molar-refractivity contribution in [2.75, 3.05) is 24.8 Å². The monoisotopic (exact) mass is 261 g/mol. The molecule has 0 saturated carbocycles. The summed E-state index contributed by atoms with van der Waals surface area (Å²) in [6.07, 6.45) is 3.29. The number of nitrogen functional groups attached to an aromatic ring is 1. The van der Waals surface area contributed by atoms with Crippen molar-refractivity contribution in [1.82, 2.24) is 14.8 Å².